The fourth-order valence-corrected chi connectivity index (χ4v) is 3.05. The van der Waals surface area contributed by atoms with Gasteiger partial charge < -0.3 is 5.11 Å². The summed E-state index contributed by atoms with van der Waals surface area (Å²) < 4.78 is -0.699. The van der Waals surface area contributed by atoms with Crippen molar-refractivity contribution in [2.24, 2.45) is 0 Å². The maximum Gasteiger partial charge on any atom is 0.320 e. The maximum atomic E-state index is 11.3. The Labute approximate surface area is 98.5 Å². The SMILES string of the molecule is Cc1cnc(SC2(C(=O)O)CCCC2)nc1. The number of rotatable bonds is 3. The zero-order valence-electron chi connectivity index (χ0n) is 9.14. The number of thioether (sulfide) groups is 1. The van der Waals surface area contributed by atoms with E-state index in [0.29, 0.717) is 18.0 Å². The summed E-state index contributed by atoms with van der Waals surface area (Å²) in [5, 5.41) is 9.87. The minimum absolute atomic E-state index is 0.565. The number of carbonyl (C=O) groups is 1. The highest BCUT2D eigenvalue weighted by Gasteiger charge is 2.43. The lowest BCUT2D eigenvalue weighted by molar-refractivity contribution is -0.139. The molecule has 2 rings (SSSR count). The Balaban J connectivity index is 2.18. The predicted molar refractivity (Wildman–Crippen MR) is 61.5 cm³/mol. The molecular weight excluding hydrogens is 224 g/mol. The van der Waals surface area contributed by atoms with Gasteiger partial charge in [-0.3, -0.25) is 4.79 Å². The first-order chi connectivity index (χ1) is 7.62. The van der Waals surface area contributed by atoms with Crippen LogP contribution in [0.25, 0.3) is 0 Å². The van der Waals surface area contributed by atoms with E-state index in [1.165, 1.54) is 11.8 Å². The van der Waals surface area contributed by atoms with Crippen molar-refractivity contribution in [3.05, 3.63) is 18.0 Å². The maximum absolute atomic E-state index is 11.3. The van der Waals surface area contributed by atoms with E-state index >= 15 is 0 Å². The van der Waals surface area contributed by atoms with Crippen molar-refractivity contribution in [3.8, 4) is 0 Å². The van der Waals surface area contributed by atoms with Crippen LogP contribution in [-0.4, -0.2) is 25.8 Å². The molecule has 1 N–H and O–H groups in total. The fraction of sp³-hybridized carbons (Fsp3) is 0.545. The van der Waals surface area contributed by atoms with Crippen molar-refractivity contribution in [2.45, 2.75) is 42.5 Å². The molecule has 16 heavy (non-hydrogen) atoms. The van der Waals surface area contributed by atoms with Crippen LogP contribution in [0.4, 0.5) is 0 Å². The second-order valence-corrected chi connectivity index (χ2v) is 5.50. The molecule has 1 fully saturated rings. The van der Waals surface area contributed by atoms with Crippen molar-refractivity contribution in [1.29, 1.82) is 0 Å². The number of nitrogens with zero attached hydrogens (tertiary/aromatic N) is 2. The largest absolute Gasteiger partial charge is 0.480 e. The predicted octanol–water partition coefficient (Wildman–Crippen LogP) is 2.27. The van der Waals surface area contributed by atoms with E-state index in [1.807, 2.05) is 6.92 Å². The van der Waals surface area contributed by atoms with Crippen molar-refractivity contribution in [1.82, 2.24) is 9.97 Å². The molecule has 0 amide bonds. The van der Waals surface area contributed by atoms with E-state index in [-0.39, 0.29) is 0 Å². The first-order valence-electron chi connectivity index (χ1n) is 5.33. The highest BCUT2D eigenvalue weighted by molar-refractivity contribution is 8.01. The number of aliphatic carboxylic acids is 1. The lowest BCUT2D eigenvalue weighted by Gasteiger charge is -2.21. The minimum Gasteiger partial charge on any atom is -0.480 e. The summed E-state index contributed by atoms with van der Waals surface area (Å²) in [7, 11) is 0. The van der Waals surface area contributed by atoms with Crippen molar-refractivity contribution < 1.29 is 9.90 Å². The molecule has 5 heteroatoms. The number of carboxylic acids is 1. The molecule has 0 spiro atoms. The second-order valence-electron chi connectivity index (χ2n) is 4.15. The van der Waals surface area contributed by atoms with Crippen molar-refractivity contribution in [3.63, 3.8) is 0 Å². The molecule has 1 aliphatic rings. The van der Waals surface area contributed by atoms with E-state index in [1.54, 1.807) is 12.4 Å². The van der Waals surface area contributed by atoms with Gasteiger partial charge in [-0.15, -0.1) is 0 Å². The molecular formula is C11H14N2O2S. The van der Waals surface area contributed by atoms with Crippen LogP contribution in [-0.2, 0) is 4.79 Å². The van der Waals surface area contributed by atoms with Gasteiger partial charge in [0, 0.05) is 12.4 Å². The van der Waals surface area contributed by atoms with Gasteiger partial charge in [0.15, 0.2) is 5.16 Å². The van der Waals surface area contributed by atoms with Crippen LogP contribution < -0.4 is 0 Å². The average molecular weight is 238 g/mol. The number of carboxylic acid groups (broad SMARTS) is 1. The number of hydrogen-bond acceptors (Lipinski definition) is 4. The summed E-state index contributed by atoms with van der Waals surface area (Å²) in [5.41, 5.74) is 0.986. The van der Waals surface area contributed by atoms with E-state index in [4.69, 9.17) is 0 Å². The molecule has 1 aliphatic carbocycles. The van der Waals surface area contributed by atoms with E-state index in [9.17, 15) is 9.90 Å². The summed E-state index contributed by atoms with van der Waals surface area (Å²) in [4.78, 5) is 19.6. The third-order valence-electron chi connectivity index (χ3n) is 2.84. The van der Waals surface area contributed by atoms with Gasteiger partial charge in [0.25, 0.3) is 0 Å². The highest BCUT2D eigenvalue weighted by Crippen LogP contribution is 2.44. The Morgan fingerprint density at radius 3 is 2.44 bits per heavy atom. The Kier molecular flexibility index (Phi) is 3.14. The molecule has 0 unspecified atom stereocenters. The van der Waals surface area contributed by atoms with Gasteiger partial charge in [-0.05, 0) is 25.3 Å². The molecule has 0 aromatic carbocycles. The highest BCUT2D eigenvalue weighted by atomic mass is 32.2. The van der Waals surface area contributed by atoms with Crippen LogP contribution >= 0.6 is 11.8 Å². The van der Waals surface area contributed by atoms with Gasteiger partial charge in [0.1, 0.15) is 4.75 Å². The Morgan fingerprint density at radius 2 is 1.94 bits per heavy atom. The molecule has 0 aliphatic heterocycles. The van der Waals surface area contributed by atoms with Gasteiger partial charge in [-0.1, -0.05) is 24.6 Å². The summed E-state index contributed by atoms with van der Waals surface area (Å²) in [6, 6.07) is 0. The van der Waals surface area contributed by atoms with Crippen LogP contribution in [0.5, 0.6) is 0 Å². The molecule has 4 nitrogen and oxygen atoms in total. The molecule has 0 bridgehead atoms. The third-order valence-corrected chi connectivity index (χ3v) is 4.21. The summed E-state index contributed by atoms with van der Waals surface area (Å²) in [5.74, 6) is -0.737. The van der Waals surface area contributed by atoms with Crippen LogP contribution in [0.1, 0.15) is 31.2 Å². The number of hydrogen-bond donors (Lipinski definition) is 1. The zero-order chi connectivity index (χ0) is 11.6. The molecule has 0 saturated heterocycles. The molecule has 1 saturated carbocycles. The van der Waals surface area contributed by atoms with Gasteiger partial charge in [0.05, 0.1) is 0 Å². The number of aromatic nitrogens is 2. The Morgan fingerprint density at radius 1 is 1.38 bits per heavy atom. The first-order valence-corrected chi connectivity index (χ1v) is 6.15. The number of aryl methyl sites for hydroxylation is 1. The Bertz CT molecular complexity index is 385. The van der Waals surface area contributed by atoms with Crippen LogP contribution in [0.3, 0.4) is 0 Å². The molecule has 0 radical (unpaired) electrons. The average Bonchev–Trinajstić information content (AvgIpc) is 2.71. The van der Waals surface area contributed by atoms with Gasteiger partial charge >= 0.3 is 5.97 Å². The monoisotopic (exact) mass is 238 g/mol. The molecule has 1 aromatic heterocycles. The lowest BCUT2D eigenvalue weighted by Crippen LogP contribution is -2.31. The van der Waals surface area contributed by atoms with E-state index < -0.39 is 10.7 Å². The van der Waals surface area contributed by atoms with Crippen LogP contribution in [0.2, 0.25) is 0 Å². The molecule has 1 aromatic rings. The fourth-order valence-electron chi connectivity index (χ4n) is 1.91. The lowest BCUT2D eigenvalue weighted by atomic mass is 10.1. The zero-order valence-corrected chi connectivity index (χ0v) is 9.96. The van der Waals surface area contributed by atoms with Crippen LogP contribution in [0, 0.1) is 6.92 Å². The van der Waals surface area contributed by atoms with Gasteiger partial charge in [-0.25, -0.2) is 9.97 Å². The van der Waals surface area contributed by atoms with Crippen molar-refractivity contribution >= 4 is 17.7 Å². The smallest absolute Gasteiger partial charge is 0.320 e. The summed E-state index contributed by atoms with van der Waals surface area (Å²) >= 11 is 1.29. The normalized spacial score (nSPS) is 18.6. The topological polar surface area (TPSA) is 63.1 Å². The third kappa shape index (κ3) is 2.19. The summed E-state index contributed by atoms with van der Waals surface area (Å²) in [6.07, 6.45) is 6.82. The van der Waals surface area contributed by atoms with E-state index in [0.717, 1.165) is 18.4 Å². The second kappa shape index (κ2) is 4.41. The molecule has 0 atom stereocenters. The van der Waals surface area contributed by atoms with Crippen LogP contribution in [0.15, 0.2) is 17.6 Å². The molecule has 1 heterocycles. The van der Waals surface area contributed by atoms with Crippen molar-refractivity contribution in [2.75, 3.05) is 0 Å². The van der Waals surface area contributed by atoms with Gasteiger partial charge in [-0.2, -0.15) is 0 Å². The van der Waals surface area contributed by atoms with E-state index in [2.05, 4.69) is 9.97 Å². The minimum atomic E-state index is -0.737. The first kappa shape index (κ1) is 11.4. The molecule has 86 valence electrons. The standard InChI is InChI=1S/C11H14N2O2S/c1-8-6-12-10(13-7-8)16-11(9(14)15)4-2-3-5-11/h6-7H,2-5H2,1H3,(H,14,15). The Hall–Kier alpha value is -1.10. The quantitative estimate of drug-likeness (QED) is 0.818. The van der Waals surface area contributed by atoms with Gasteiger partial charge in [0.2, 0.25) is 0 Å². The summed E-state index contributed by atoms with van der Waals surface area (Å²) in [6.45, 7) is 1.91.